The van der Waals surface area contributed by atoms with E-state index < -0.39 is 5.63 Å². The summed E-state index contributed by atoms with van der Waals surface area (Å²) < 4.78 is 22.1. The minimum atomic E-state index is -0.554. The van der Waals surface area contributed by atoms with Crippen molar-refractivity contribution in [2.45, 2.75) is 0 Å². The first-order valence-electron chi connectivity index (χ1n) is 7.89. The fourth-order valence-corrected chi connectivity index (χ4v) is 3.05. The summed E-state index contributed by atoms with van der Waals surface area (Å²) in [6.45, 7) is 0. The summed E-state index contributed by atoms with van der Waals surface area (Å²) in [6.07, 6.45) is 0. The minimum absolute atomic E-state index is 0.0681. The zero-order chi connectivity index (χ0) is 19.0. The van der Waals surface area contributed by atoms with E-state index in [1.165, 1.54) is 7.11 Å². The lowest BCUT2D eigenvalue weighted by molar-refractivity contribution is 0.394. The molecule has 27 heavy (non-hydrogen) atoms. The molecule has 0 amide bonds. The van der Waals surface area contributed by atoms with Crippen molar-refractivity contribution in [2.75, 3.05) is 14.2 Å². The van der Waals surface area contributed by atoms with Crippen molar-refractivity contribution in [2.24, 2.45) is 0 Å². The van der Waals surface area contributed by atoms with Crippen molar-refractivity contribution in [1.82, 2.24) is 10.1 Å². The number of methoxy groups -OCH3 is 2. The van der Waals surface area contributed by atoms with Gasteiger partial charge in [0.15, 0.2) is 0 Å². The summed E-state index contributed by atoms with van der Waals surface area (Å²) in [4.78, 5) is 16.7. The Balaban J connectivity index is 1.80. The molecule has 2 aromatic heterocycles. The average Bonchev–Trinajstić information content (AvgIpc) is 3.16. The van der Waals surface area contributed by atoms with Gasteiger partial charge in [-0.25, -0.2) is 4.79 Å². The van der Waals surface area contributed by atoms with Gasteiger partial charge in [-0.05, 0) is 36.4 Å². The quantitative estimate of drug-likeness (QED) is 0.448. The standard InChI is InChI=1S/C19H13BrN2O5/c1-24-12-4-5-13(16(9-12)25-2)17-21-18(27-22-17)14-8-10-7-11(20)3-6-15(10)26-19(14)23/h3-9H,1-2H3. The smallest absolute Gasteiger partial charge is 0.349 e. The average molecular weight is 429 g/mol. The van der Waals surface area contributed by atoms with E-state index in [1.54, 1.807) is 43.5 Å². The van der Waals surface area contributed by atoms with Crippen molar-refractivity contribution in [3.63, 3.8) is 0 Å². The molecule has 0 aliphatic heterocycles. The van der Waals surface area contributed by atoms with E-state index in [9.17, 15) is 4.79 Å². The molecule has 0 aliphatic carbocycles. The fraction of sp³-hybridized carbons (Fsp3) is 0.105. The van der Waals surface area contributed by atoms with E-state index >= 15 is 0 Å². The van der Waals surface area contributed by atoms with Gasteiger partial charge in [-0.1, -0.05) is 21.1 Å². The second-order valence-corrected chi connectivity index (χ2v) is 6.53. The summed E-state index contributed by atoms with van der Waals surface area (Å²) in [6, 6.07) is 12.2. The van der Waals surface area contributed by atoms with Gasteiger partial charge in [-0.3, -0.25) is 0 Å². The molecule has 0 atom stereocenters. The van der Waals surface area contributed by atoms with Gasteiger partial charge in [0.05, 0.1) is 19.8 Å². The third-order valence-corrected chi connectivity index (χ3v) is 4.49. The van der Waals surface area contributed by atoms with Crippen molar-refractivity contribution in [1.29, 1.82) is 0 Å². The maximum absolute atomic E-state index is 12.3. The number of fused-ring (bicyclic) bond motifs is 1. The second-order valence-electron chi connectivity index (χ2n) is 5.62. The number of halogens is 1. The van der Waals surface area contributed by atoms with Crippen LogP contribution in [0.4, 0.5) is 0 Å². The first kappa shape index (κ1) is 17.3. The van der Waals surface area contributed by atoms with E-state index in [0.29, 0.717) is 28.5 Å². The van der Waals surface area contributed by atoms with Crippen LogP contribution in [-0.2, 0) is 0 Å². The molecule has 2 heterocycles. The Hall–Kier alpha value is -3.13. The minimum Gasteiger partial charge on any atom is -0.497 e. The van der Waals surface area contributed by atoms with Crippen molar-refractivity contribution >= 4 is 26.9 Å². The summed E-state index contributed by atoms with van der Waals surface area (Å²) in [7, 11) is 3.10. The third kappa shape index (κ3) is 3.19. The van der Waals surface area contributed by atoms with Gasteiger partial charge in [-0.15, -0.1) is 0 Å². The SMILES string of the molecule is COc1ccc(-c2noc(-c3cc4cc(Br)ccc4oc3=O)n2)c(OC)c1. The molecule has 0 aliphatic rings. The zero-order valence-electron chi connectivity index (χ0n) is 14.4. The topological polar surface area (TPSA) is 87.6 Å². The first-order chi connectivity index (χ1) is 13.1. The summed E-state index contributed by atoms with van der Waals surface area (Å²) >= 11 is 3.40. The normalized spacial score (nSPS) is 10.9. The molecule has 0 saturated heterocycles. The number of hydrogen-bond donors (Lipinski definition) is 0. The van der Waals surface area contributed by atoms with E-state index in [4.69, 9.17) is 18.4 Å². The molecule has 136 valence electrons. The van der Waals surface area contributed by atoms with Gasteiger partial charge in [-0.2, -0.15) is 4.98 Å². The van der Waals surface area contributed by atoms with Crippen molar-refractivity contribution in [3.8, 4) is 34.3 Å². The largest absolute Gasteiger partial charge is 0.497 e. The summed E-state index contributed by atoms with van der Waals surface area (Å²) in [5.41, 5.74) is 0.721. The third-order valence-electron chi connectivity index (χ3n) is 4.00. The van der Waals surface area contributed by atoms with Crippen LogP contribution in [0.15, 0.2) is 60.7 Å². The Kier molecular flexibility index (Phi) is 4.41. The molecule has 0 radical (unpaired) electrons. The van der Waals surface area contributed by atoms with Gasteiger partial charge >= 0.3 is 5.63 Å². The Morgan fingerprint density at radius 1 is 1.00 bits per heavy atom. The maximum atomic E-state index is 12.3. The molecular weight excluding hydrogens is 416 g/mol. The van der Waals surface area contributed by atoms with Crippen LogP contribution >= 0.6 is 15.9 Å². The summed E-state index contributed by atoms with van der Waals surface area (Å²) in [5, 5.41) is 4.71. The van der Waals surface area contributed by atoms with E-state index in [0.717, 1.165) is 9.86 Å². The Morgan fingerprint density at radius 2 is 1.85 bits per heavy atom. The fourth-order valence-electron chi connectivity index (χ4n) is 2.67. The van der Waals surface area contributed by atoms with Crippen LogP contribution in [-0.4, -0.2) is 24.4 Å². The van der Waals surface area contributed by atoms with Crippen LogP contribution in [0.5, 0.6) is 11.5 Å². The Labute approximate surface area is 161 Å². The summed E-state index contributed by atoms with van der Waals surface area (Å²) in [5.74, 6) is 1.52. The van der Waals surface area contributed by atoms with E-state index in [1.807, 2.05) is 6.07 Å². The molecule has 2 aromatic carbocycles. The van der Waals surface area contributed by atoms with Crippen LogP contribution in [0.1, 0.15) is 0 Å². The van der Waals surface area contributed by atoms with E-state index in [2.05, 4.69) is 26.1 Å². The van der Waals surface area contributed by atoms with E-state index in [-0.39, 0.29) is 11.5 Å². The van der Waals surface area contributed by atoms with Crippen LogP contribution < -0.4 is 15.1 Å². The molecule has 0 bridgehead atoms. The van der Waals surface area contributed by atoms with Crippen LogP contribution in [0, 0.1) is 0 Å². The Morgan fingerprint density at radius 3 is 2.63 bits per heavy atom. The molecule has 0 fully saturated rings. The number of ether oxygens (including phenoxy) is 2. The molecule has 4 rings (SSSR count). The lowest BCUT2D eigenvalue weighted by atomic mass is 10.1. The predicted octanol–water partition coefficient (Wildman–Crippen LogP) is 4.29. The van der Waals surface area contributed by atoms with Gasteiger partial charge < -0.3 is 18.4 Å². The number of nitrogens with zero attached hydrogens (tertiary/aromatic N) is 2. The highest BCUT2D eigenvalue weighted by Crippen LogP contribution is 2.32. The van der Waals surface area contributed by atoms with Crippen molar-refractivity contribution < 1.29 is 18.4 Å². The lowest BCUT2D eigenvalue weighted by Gasteiger charge is -2.07. The highest BCUT2D eigenvalue weighted by molar-refractivity contribution is 9.10. The molecule has 0 spiro atoms. The molecular formula is C19H13BrN2O5. The molecule has 0 saturated carbocycles. The van der Waals surface area contributed by atoms with Crippen LogP contribution in [0.25, 0.3) is 33.8 Å². The van der Waals surface area contributed by atoms with Crippen LogP contribution in [0.2, 0.25) is 0 Å². The Bertz CT molecular complexity index is 1200. The monoisotopic (exact) mass is 428 g/mol. The molecule has 8 heteroatoms. The van der Waals surface area contributed by atoms with Gasteiger partial charge in [0.25, 0.3) is 5.89 Å². The second kappa shape index (κ2) is 6.88. The van der Waals surface area contributed by atoms with Gasteiger partial charge in [0, 0.05) is 15.9 Å². The molecule has 0 unspecified atom stereocenters. The van der Waals surface area contributed by atoms with Gasteiger partial charge in [0.2, 0.25) is 5.82 Å². The molecule has 7 nitrogen and oxygen atoms in total. The van der Waals surface area contributed by atoms with Crippen LogP contribution in [0.3, 0.4) is 0 Å². The maximum Gasteiger partial charge on any atom is 0.349 e. The predicted molar refractivity (Wildman–Crippen MR) is 102 cm³/mol. The number of aromatic nitrogens is 2. The molecule has 0 N–H and O–H groups in total. The number of benzene rings is 2. The highest BCUT2D eigenvalue weighted by atomic mass is 79.9. The van der Waals surface area contributed by atoms with Gasteiger partial charge in [0.1, 0.15) is 22.6 Å². The first-order valence-corrected chi connectivity index (χ1v) is 8.68. The number of hydrogen-bond acceptors (Lipinski definition) is 7. The zero-order valence-corrected chi connectivity index (χ0v) is 15.9. The molecule has 4 aromatic rings. The van der Waals surface area contributed by atoms with Crippen molar-refractivity contribution in [3.05, 3.63) is 57.4 Å². The number of rotatable bonds is 4. The lowest BCUT2D eigenvalue weighted by Crippen LogP contribution is -2.02. The highest BCUT2D eigenvalue weighted by Gasteiger charge is 2.18.